The van der Waals surface area contributed by atoms with Crippen molar-refractivity contribution in [3.8, 4) is 0 Å². The zero-order valence-electron chi connectivity index (χ0n) is 13.5. The Kier molecular flexibility index (Phi) is 4.32. The van der Waals surface area contributed by atoms with Crippen LogP contribution < -0.4 is 0 Å². The molecule has 114 valence electrons. The lowest BCUT2D eigenvalue weighted by Gasteiger charge is -2.29. The molecule has 2 heterocycles. The van der Waals surface area contributed by atoms with Crippen molar-refractivity contribution in [3.05, 3.63) is 35.5 Å². The molecule has 1 saturated heterocycles. The van der Waals surface area contributed by atoms with Gasteiger partial charge in [-0.1, -0.05) is 6.07 Å². The number of hydrogen-bond donors (Lipinski definition) is 1. The van der Waals surface area contributed by atoms with Gasteiger partial charge in [0.15, 0.2) is 0 Å². The molecule has 3 nitrogen and oxygen atoms in total. The van der Waals surface area contributed by atoms with Gasteiger partial charge in [0.05, 0.1) is 0 Å². The highest BCUT2D eigenvalue weighted by atomic mass is 15.1. The van der Waals surface area contributed by atoms with Crippen molar-refractivity contribution in [3.63, 3.8) is 0 Å². The summed E-state index contributed by atoms with van der Waals surface area (Å²) in [5, 5.41) is 1.42. The molecule has 21 heavy (non-hydrogen) atoms. The van der Waals surface area contributed by atoms with Crippen LogP contribution in [0.1, 0.15) is 29.9 Å². The topological polar surface area (TPSA) is 22.3 Å². The van der Waals surface area contributed by atoms with Gasteiger partial charge in [-0.3, -0.25) is 0 Å². The van der Waals surface area contributed by atoms with Gasteiger partial charge in [-0.05, 0) is 82.7 Å². The standard InChI is InChI=1S/C18H27N3/c1-20(2)9-6-16-13-19-18-5-4-15(12-17(16)18)14-7-10-21(3)11-8-14/h4-5,12-14,19H,6-11H2,1-3H3. The minimum absolute atomic E-state index is 0.738. The van der Waals surface area contributed by atoms with Crippen molar-refractivity contribution in [1.29, 1.82) is 0 Å². The number of likely N-dealkylation sites (N-methyl/N-ethyl adjacent to an activating group) is 1. The summed E-state index contributed by atoms with van der Waals surface area (Å²) in [4.78, 5) is 8.11. The van der Waals surface area contributed by atoms with Crippen molar-refractivity contribution < 1.29 is 0 Å². The smallest absolute Gasteiger partial charge is 0.0456 e. The lowest BCUT2D eigenvalue weighted by atomic mass is 9.88. The van der Waals surface area contributed by atoms with E-state index in [1.54, 1.807) is 0 Å². The van der Waals surface area contributed by atoms with Crippen LogP contribution >= 0.6 is 0 Å². The number of aromatic amines is 1. The van der Waals surface area contributed by atoms with E-state index >= 15 is 0 Å². The van der Waals surface area contributed by atoms with E-state index < -0.39 is 0 Å². The van der Waals surface area contributed by atoms with Gasteiger partial charge in [0.2, 0.25) is 0 Å². The number of fused-ring (bicyclic) bond motifs is 1. The quantitative estimate of drug-likeness (QED) is 0.932. The number of H-pyrrole nitrogens is 1. The van der Waals surface area contributed by atoms with Crippen molar-refractivity contribution in [1.82, 2.24) is 14.8 Å². The summed E-state index contributed by atoms with van der Waals surface area (Å²) in [5.41, 5.74) is 4.26. The number of nitrogens with zero attached hydrogens (tertiary/aromatic N) is 2. The van der Waals surface area contributed by atoms with Crippen molar-refractivity contribution >= 4 is 10.9 Å². The summed E-state index contributed by atoms with van der Waals surface area (Å²) in [6.07, 6.45) is 5.88. The van der Waals surface area contributed by atoms with Gasteiger partial charge >= 0.3 is 0 Å². The molecule has 0 atom stereocenters. The average molecular weight is 285 g/mol. The number of nitrogens with one attached hydrogen (secondary N) is 1. The maximum absolute atomic E-state index is 3.42. The minimum atomic E-state index is 0.738. The molecule has 2 aromatic rings. The monoisotopic (exact) mass is 285 g/mol. The Labute approximate surface area is 127 Å². The molecule has 0 saturated carbocycles. The van der Waals surface area contributed by atoms with Gasteiger partial charge in [0.1, 0.15) is 0 Å². The van der Waals surface area contributed by atoms with Crippen LogP contribution in [0.25, 0.3) is 10.9 Å². The molecule has 0 spiro atoms. The molecular formula is C18H27N3. The molecule has 0 unspecified atom stereocenters. The molecule has 3 rings (SSSR count). The molecule has 3 heteroatoms. The SMILES string of the molecule is CN(C)CCc1c[nH]c2ccc(C3CCN(C)CC3)cc12. The van der Waals surface area contributed by atoms with Crippen LogP contribution in [0.2, 0.25) is 0 Å². The van der Waals surface area contributed by atoms with Crippen molar-refractivity contribution in [2.45, 2.75) is 25.2 Å². The van der Waals surface area contributed by atoms with Crippen molar-refractivity contribution in [2.24, 2.45) is 0 Å². The first-order chi connectivity index (χ1) is 10.1. The second-order valence-corrected chi connectivity index (χ2v) is 6.75. The fourth-order valence-electron chi connectivity index (χ4n) is 3.34. The third-order valence-electron chi connectivity index (χ3n) is 4.81. The molecule has 1 aromatic carbocycles. The molecule has 1 N–H and O–H groups in total. The minimum Gasteiger partial charge on any atom is -0.361 e. The summed E-state index contributed by atoms with van der Waals surface area (Å²) >= 11 is 0. The van der Waals surface area contributed by atoms with Crippen molar-refractivity contribution in [2.75, 3.05) is 40.8 Å². The molecule has 1 aliphatic rings. The van der Waals surface area contributed by atoms with E-state index in [1.165, 1.54) is 48.0 Å². The van der Waals surface area contributed by atoms with Gasteiger partial charge in [0, 0.05) is 23.6 Å². The van der Waals surface area contributed by atoms with Crippen LogP contribution in [0.4, 0.5) is 0 Å². The fourth-order valence-corrected chi connectivity index (χ4v) is 3.34. The first-order valence-corrected chi connectivity index (χ1v) is 8.06. The summed E-state index contributed by atoms with van der Waals surface area (Å²) in [5.74, 6) is 0.738. The van der Waals surface area contributed by atoms with E-state index in [2.05, 4.69) is 60.3 Å². The summed E-state index contributed by atoms with van der Waals surface area (Å²) in [7, 11) is 6.50. The molecule has 1 aliphatic heterocycles. The van der Waals surface area contributed by atoms with Gasteiger partial charge in [-0.2, -0.15) is 0 Å². The third-order valence-corrected chi connectivity index (χ3v) is 4.81. The highest BCUT2D eigenvalue weighted by Gasteiger charge is 2.19. The molecule has 0 amide bonds. The molecule has 1 fully saturated rings. The highest BCUT2D eigenvalue weighted by molar-refractivity contribution is 5.84. The molecule has 0 aliphatic carbocycles. The van der Waals surface area contributed by atoms with Crippen LogP contribution in [0.5, 0.6) is 0 Å². The number of rotatable bonds is 4. The first kappa shape index (κ1) is 14.6. The maximum atomic E-state index is 3.42. The van der Waals surface area contributed by atoms with E-state index in [1.807, 2.05) is 0 Å². The predicted octanol–water partition coefficient (Wildman–Crippen LogP) is 3.08. The van der Waals surface area contributed by atoms with E-state index in [0.717, 1.165) is 18.9 Å². The largest absolute Gasteiger partial charge is 0.361 e. The van der Waals surface area contributed by atoms with Gasteiger partial charge in [-0.15, -0.1) is 0 Å². The summed E-state index contributed by atoms with van der Waals surface area (Å²) < 4.78 is 0. The number of piperidine rings is 1. The second kappa shape index (κ2) is 6.20. The van der Waals surface area contributed by atoms with Crippen LogP contribution in [-0.4, -0.2) is 55.6 Å². The summed E-state index contributed by atoms with van der Waals surface area (Å²) in [6, 6.07) is 7.03. The lowest BCUT2D eigenvalue weighted by Crippen LogP contribution is -2.29. The molecule has 0 bridgehead atoms. The first-order valence-electron chi connectivity index (χ1n) is 8.06. The zero-order valence-corrected chi connectivity index (χ0v) is 13.5. The molecule has 1 aromatic heterocycles. The van der Waals surface area contributed by atoms with E-state index in [-0.39, 0.29) is 0 Å². The predicted molar refractivity (Wildman–Crippen MR) is 90.0 cm³/mol. The van der Waals surface area contributed by atoms with E-state index in [4.69, 9.17) is 0 Å². The Bertz CT molecular complexity index is 592. The zero-order chi connectivity index (χ0) is 14.8. The highest BCUT2D eigenvalue weighted by Crippen LogP contribution is 2.30. The maximum Gasteiger partial charge on any atom is 0.0456 e. The average Bonchev–Trinajstić information content (AvgIpc) is 2.88. The van der Waals surface area contributed by atoms with Crippen LogP contribution in [0, 0.1) is 0 Å². The van der Waals surface area contributed by atoms with Crippen LogP contribution in [0.15, 0.2) is 24.4 Å². The Morgan fingerprint density at radius 3 is 2.71 bits per heavy atom. The second-order valence-electron chi connectivity index (χ2n) is 6.75. The summed E-state index contributed by atoms with van der Waals surface area (Å²) in [6.45, 7) is 3.55. The number of hydrogen-bond acceptors (Lipinski definition) is 2. The van der Waals surface area contributed by atoms with Gasteiger partial charge in [0.25, 0.3) is 0 Å². The van der Waals surface area contributed by atoms with Gasteiger partial charge in [-0.25, -0.2) is 0 Å². The van der Waals surface area contributed by atoms with E-state index in [9.17, 15) is 0 Å². The Morgan fingerprint density at radius 2 is 2.00 bits per heavy atom. The normalized spacial score (nSPS) is 17.9. The Morgan fingerprint density at radius 1 is 1.24 bits per heavy atom. The van der Waals surface area contributed by atoms with Crippen LogP contribution in [-0.2, 0) is 6.42 Å². The third kappa shape index (κ3) is 3.30. The van der Waals surface area contributed by atoms with Gasteiger partial charge < -0.3 is 14.8 Å². The molecule has 0 radical (unpaired) electrons. The lowest BCUT2D eigenvalue weighted by molar-refractivity contribution is 0.255. The van der Waals surface area contributed by atoms with E-state index in [0.29, 0.717) is 0 Å². The Hall–Kier alpha value is -1.32. The number of aromatic nitrogens is 1. The number of likely N-dealkylation sites (tertiary alicyclic amines) is 1. The fraction of sp³-hybridized carbons (Fsp3) is 0.556. The number of benzene rings is 1. The molecular weight excluding hydrogens is 258 g/mol. The Balaban J connectivity index is 1.82. The van der Waals surface area contributed by atoms with Crippen LogP contribution in [0.3, 0.4) is 0 Å².